The molecule has 0 N–H and O–H groups in total. The molecule has 3 aromatic rings. The van der Waals surface area contributed by atoms with Crippen molar-refractivity contribution in [1.29, 1.82) is 0 Å². The number of piperazine rings is 1. The third-order valence-corrected chi connectivity index (χ3v) is 7.16. The fraction of sp³-hybridized carbons (Fsp3) is 0.227. The molecule has 0 bridgehead atoms. The number of nitrogens with zero attached hydrogens (tertiary/aromatic N) is 4. The van der Waals surface area contributed by atoms with Gasteiger partial charge in [0.15, 0.2) is 5.78 Å². The van der Waals surface area contributed by atoms with Crippen molar-refractivity contribution in [2.45, 2.75) is 11.8 Å². The van der Waals surface area contributed by atoms with Crippen LogP contribution >= 0.6 is 0 Å². The third kappa shape index (κ3) is 4.28. The molecular weight excluding hydrogens is 416 g/mol. The molecule has 1 aliphatic rings. The molecule has 9 heteroatoms. The minimum Gasteiger partial charge on any atom is -0.353 e. The third-order valence-electron chi connectivity index (χ3n) is 5.25. The maximum absolute atomic E-state index is 13.0. The van der Waals surface area contributed by atoms with E-state index in [-0.39, 0.29) is 16.2 Å². The lowest BCUT2D eigenvalue weighted by molar-refractivity contribution is 0.101. The zero-order chi connectivity index (χ0) is 22.0. The van der Waals surface area contributed by atoms with Gasteiger partial charge in [0.2, 0.25) is 10.0 Å². The van der Waals surface area contributed by atoms with Gasteiger partial charge in [0.25, 0.3) is 5.56 Å². The molecule has 0 spiro atoms. The van der Waals surface area contributed by atoms with Gasteiger partial charge in [-0.2, -0.15) is 8.99 Å². The molecule has 31 heavy (non-hydrogen) atoms. The number of rotatable bonds is 5. The first kappa shape index (κ1) is 21.0. The number of hydrogen-bond acceptors (Lipinski definition) is 6. The molecular formula is C22H22N4O4S. The predicted molar refractivity (Wildman–Crippen MR) is 117 cm³/mol. The average molecular weight is 439 g/mol. The van der Waals surface area contributed by atoms with E-state index < -0.39 is 10.0 Å². The fourth-order valence-corrected chi connectivity index (χ4v) is 4.91. The summed E-state index contributed by atoms with van der Waals surface area (Å²) in [6.45, 7) is 2.93. The molecule has 0 unspecified atom stereocenters. The van der Waals surface area contributed by atoms with E-state index in [0.29, 0.717) is 43.2 Å². The van der Waals surface area contributed by atoms with Gasteiger partial charge < -0.3 is 4.90 Å². The molecule has 1 fully saturated rings. The fourth-order valence-electron chi connectivity index (χ4n) is 3.49. The van der Waals surface area contributed by atoms with Crippen molar-refractivity contribution in [3.05, 3.63) is 82.6 Å². The molecule has 160 valence electrons. The Labute approximate surface area is 180 Å². The van der Waals surface area contributed by atoms with Gasteiger partial charge in [-0.15, -0.1) is 5.10 Å². The van der Waals surface area contributed by atoms with Gasteiger partial charge in [-0.3, -0.25) is 9.59 Å². The monoisotopic (exact) mass is 438 g/mol. The van der Waals surface area contributed by atoms with E-state index in [0.717, 1.165) is 0 Å². The number of hydrogen-bond donors (Lipinski definition) is 0. The van der Waals surface area contributed by atoms with Gasteiger partial charge in [-0.05, 0) is 37.3 Å². The normalized spacial score (nSPS) is 15.1. The van der Waals surface area contributed by atoms with E-state index in [2.05, 4.69) is 5.10 Å². The molecule has 2 aromatic carbocycles. The van der Waals surface area contributed by atoms with Gasteiger partial charge in [-0.25, -0.2) is 8.42 Å². The Morgan fingerprint density at radius 3 is 2.13 bits per heavy atom. The summed E-state index contributed by atoms with van der Waals surface area (Å²) in [6, 6.07) is 18.3. The molecule has 2 heterocycles. The number of carbonyl (C=O) groups excluding carboxylic acids is 1. The maximum Gasteiger partial charge on any atom is 0.271 e. The summed E-state index contributed by atoms with van der Waals surface area (Å²) in [5.41, 5.74) is 0.915. The number of ketones is 1. The van der Waals surface area contributed by atoms with Gasteiger partial charge in [-0.1, -0.05) is 30.3 Å². The molecule has 1 aliphatic heterocycles. The van der Waals surface area contributed by atoms with E-state index in [1.165, 1.54) is 46.2 Å². The Morgan fingerprint density at radius 2 is 1.52 bits per heavy atom. The predicted octanol–water partition coefficient (Wildman–Crippen LogP) is 1.95. The van der Waals surface area contributed by atoms with Crippen LogP contribution in [0.4, 0.5) is 5.82 Å². The summed E-state index contributed by atoms with van der Waals surface area (Å²) in [6.07, 6.45) is 0. The van der Waals surface area contributed by atoms with Crippen LogP contribution in [0.15, 0.2) is 76.4 Å². The molecule has 0 atom stereocenters. The Bertz CT molecular complexity index is 1250. The highest BCUT2D eigenvalue weighted by atomic mass is 32.2. The van der Waals surface area contributed by atoms with Crippen molar-refractivity contribution in [2.24, 2.45) is 0 Å². The summed E-state index contributed by atoms with van der Waals surface area (Å²) in [5.74, 6) is 0.508. The van der Waals surface area contributed by atoms with Crippen LogP contribution in [0.25, 0.3) is 5.69 Å². The molecule has 1 saturated heterocycles. The summed E-state index contributed by atoms with van der Waals surface area (Å²) in [4.78, 5) is 25.8. The van der Waals surface area contributed by atoms with E-state index in [9.17, 15) is 18.0 Å². The number of benzene rings is 2. The van der Waals surface area contributed by atoms with Crippen molar-refractivity contribution in [2.75, 3.05) is 31.1 Å². The lowest BCUT2D eigenvalue weighted by Crippen LogP contribution is -2.49. The lowest BCUT2D eigenvalue weighted by Gasteiger charge is -2.34. The van der Waals surface area contributed by atoms with Crippen molar-refractivity contribution >= 4 is 21.6 Å². The van der Waals surface area contributed by atoms with Crippen LogP contribution in [0.5, 0.6) is 0 Å². The Hall–Kier alpha value is -3.30. The molecule has 0 aliphatic carbocycles. The van der Waals surface area contributed by atoms with Crippen LogP contribution < -0.4 is 10.5 Å². The second-order valence-corrected chi connectivity index (χ2v) is 9.19. The van der Waals surface area contributed by atoms with E-state index in [4.69, 9.17) is 0 Å². The lowest BCUT2D eigenvalue weighted by atomic mass is 10.2. The van der Waals surface area contributed by atoms with Crippen molar-refractivity contribution in [3.8, 4) is 5.69 Å². The number of para-hydroxylation sites is 1. The highest BCUT2D eigenvalue weighted by molar-refractivity contribution is 7.89. The Morgan fingerprint density at radius 1 is 0.871 bits per heavy atom. The second kappa shape index (κ2) is 8.44. The zero-order valence-electron chi connectivity index (χ0n) is 17.0. The number of anilines is 1. The van der Waals surface area contributed by atoms with Crippen LogP contribution in [0, 0.1) is 0 Å². The number of sulfonamides is 1. The topological polar surface area (TPSA) is 92.6 Å². The van der Waals surface area contributed by atoms with Crippen molar-refractivity contribution in [3.63, 3.8) is 0 Å². The first-order valence-electron chi connectivity index (χ1n) is 9.88. The SMILES string of the molecule is CC(=O)c1ccc(S(=O)(=O)N2CCN(c3ccc(=O)n(-c4ccccc4)n3)CC2)cc1. The van der Waals surface area contributed by atoms with Crippen molar-refractivity contribution in [1.82, 2.24) is 14.1 Å². The molecule has 0 saturated carbocycles. The van der Waals surface area contributed by atoms with Gasteiger partial charge in [0.05, 0.1) is 10.6 Å². The molecule has 1 aromatic heterocycles. The van der Waals surface area contributed by atoms with Gasteiger partial charge in [0, 0.05) is 37.8 Å². The summed E-state index contributed by atoms with van der Waals surface area (Å²) >= 11 is 0. The number of carbonyl (C=O) groups is 1. The zero-order valence-corrected chi connectivity index (χ0v) is 17.8. The minimum atomic E-state index is -3.65. The van der Waals surface area contributed by atoms with Crippen LogP contribution in [-0.4, -0.2) is 54.5 Å². The van der Waals surface area contributed by atoms with E-state index in [1.54, 1.807) is 18.2 Å². The maximum atomic E-state index is 13.0. The van der Waals surface area contributed by atoms with Crippen LogP contribution in [0.2, 0.25) is 0 Å². The standard InChI is InChI=1S/C22H22N4O4S/c1-17(27)18-7-9-20(10-8-18)31(29,30)25-15-13-24(14-16-25)21-11-12-22(28)26(23-21)19-5-3-2-4-6-19/h2-12H,13-16H2,1H3. The second-order valence-electron chi connectivity index (χ2n) is 7.25. The molecule has 0 amide bonds. The largest absolute Gasteiger partial charge is 0.353 e. The summed E-state index contributed by atoms with van der Waals surface area (Å²) in [7, 11) is -3.65. The molecule has 4 rings (SSSR count). The Kier molecular flexibility index (Phi) is 5.71. The highest BCUT2D eigenvalue weighted by Crippen LogP contribution is 2.20. The highest BCUT2D eigenvalue weighted by Gasteiger charge is 2.29. The van der Waals surface area contributed by atoms with Gasteiger partial charge >= 0.3 is 0 Å². The van der Waals surface area contributed by atoms with Crippen LogP contribution in [0.1, 0.15) is 17.3 Å². The van der Waals surface area contributed by atoms with Crippen LogP contribution in [0.3, 0.4) is 0 Å². The van der Waals surface area contributed by atoms with Crippen molar-refractivity contribution < 1.29 is 13.2 Å². The van der Waals surface area contributed by atoms with Crippen LogP contribution in [-0.2, 0) is 10.0 Å². The summed E-state index contributed by atoms with van der Waals surface area (Å²) < 4.78 is 28.7. The minimum absolute atomic E-state index is 0.109. The molecule has 0 radical (unpaired) electrons. The summed E-state index contributed by atoms with van der Waals surface area (Å²) in [5, 5.41) is 4.47. The first-order chi connectivity index (χ1) is 14.9. The number of Topliss-reactive ketones (excluding diaryl/α,β-unsaturated/α-hetero) is 1. The van der Waals surface area contributed by atoms with Gasteiger partial charge in [0.1, 0.15) is 5.82 Å². The van der Waals surface area contributed by atoms with E-state index >= 15 is 0 Å². The Balaban J connectivity index is 1.50. The van der Waals surface area contributed by atoms with E-state index in [1.807, 2.05) is 23.1 Å². The quantitative estimate of drug-likeness (QED) is 0.566. The average Bonchev–Trinajstić information content (AvgIpc) is 2.80. The first-order valence-corrected chi connectivity index (χ1v) is 11.3. The smallest absolute Gasteiger partial charge is 0.271 e. The molecule has 8 nitrogen and oxygen atoms in total. The number of aromatic nitrogens is 2.